The Bertz CT molecular complexity index is 697. The van der Waals surface area contributed by atoms with Crippen LogP contribution >= 0.6 is 11.8 Å². The molecule has 1 atom stereocenters. The molecule has 112 valence electrons. The van der Waals surface area contributed by atoms with E-state index >= 15 is 0 Å². The molecule has 6 heteroatoms. The molecule has 2 aromatic rings. The molecule has 1 amide bonds. The molecule has 0 fully saturated rings. The molecule has 0 saturated carbocycles. The minimum atomic E-state index is -0.304. The van der Waals surface area contributed by atoms with E-state index in [-0.39, 0.29) is 23.5 Å². The molecule has 0 aliphatic heterocycles. The van der Waals surface area contributed by atoms with Gasteiger partial charge in [0.1, 0.15) is 5.82 Å². The van der Waals surface area contributed by atoms with Crippen molar-refractivity contribution in [1.82, 2.24) is 10.3 Å². The zero-order chi connectivity index (χ0) is 15.9. The van der Waals surface area contributed by atoms with E-state index in [9.17, 15) is 9.18 Å². The molecule has 0 radical (unpaired) electrons. The Balaban J connectivity index is 1.87. The molecule has 4 nitrogen and oxygen atoms in total. The van der Waals surface area contributed by atoms with Crippen molar-refractivity contribution in [2.45, 2.75) is 18.0 Å². The van der Waals surface area contributed by atoms with Crippen LogP contribution in [0.5, 0.6) is 0 Å². The number of aromatic nitrogens is 1. The lowest BCUT2D eigenvalue weighted by atomic mass is 10.1. The zero-order valence-electron chi connectivity index (χ0n) is 11.9. The number of carbonyl (C=O) groups excluding carboxylic acids is 1. The van der Waals surface area contributed by atoms with Gasteiger partial charge in [-0.15, -0.1) is 0 Å². The molecule has 0 aliphatic carbocycles. The van der Waals surface area contributed by atoms with Gasteiger partial charge in [0, 0.05) is 6.20 Å². The predicted molar refractivity (Wildman–Crippen MR) is 82.6 cm³/mol. The van der Waals surface area contributed by atoms with Gasteiger partial charge in [0.15, 0.2) is 0 Å². The van der Waals surface area contributed by atoms with E-state index in [1.807, 2.05) is 13.0 Å². The Kier molecular flexibility index (Phi) is 5.50. The number of nitriles is 1. The average molecular weight is 315 g/mol. The predicted octanol–water partition coefficient (Wildman–Crippen LogP) is 3.06. The second kappa shape index (κ2) is 7.57. The summed E-state index contributed by atoms with van der Waals surface area (Å²) in [6.45, 7) is 1.84. The van der Waals surface area contributed by atoms with Crippen molar-refractivity contribution >= 4 is 17.7 Å². The van der Waals surface area contributed by atoms with Crippen LogP contribution in [-0.4, -0.2) is 16.6 Å². The standard InChI is InChI=1S/C16H14FN3OS/c1-11(13-2-4-14(17)5-3-13)20-15(21)10-22-16-8-12(9-18)6-7-19-16/h2-8,11H,10H2,1H3,(H,20,21). The molecule has 1 heterocycles. The third kappa shape index (κ3) is 4.57. The Morgan fingerprint density at radius 3 is 2.82 bits per heavy atom. The van der Waals surface area contributed by atoms with E-state index in [4.69, 9.17) is 5.26 Å². The molecule has 0 aliphatic rings. The van der Waals surface area contributed by atoms with E-state index in [0.29, 0.717) is 10.6 Å². The van der Waals surface area contributed by atoms with Crippen LogP contribution in [0.4, 0.5) is 4.39 Å². The van der Waals surface area contributed by atoms with Crippen molar-refractivity contribution in [2.24, 2.45) is 0 Å². The second-order valence-electron chi connectivity index (χ2n) is 4.62. The van der Waals surface area contributed by atoms with Gasteiger partial charge in [-0.25, -0.2) is 9.37 Å². The first-order valence-corrected chi connectivity index (χ1v) is 7.61. The molecule has 1 aromatic carbocycles. The number of nitrogens with zero attached hydrogens (tertiary/aromatic N) is 2. The van der Waals surface area contributed by atoms with E-state index in [1.165, 1.54) is 23.9 Å². The van der Waals surface area contributed by atoms with Crippen LogP contribution in [0.15, 0.2) is 47.6 Å². The summed E-state index contributed by atoms with van der Waals surface area (Å²) in [5.74, 6) is -0.250. The van der Waals surface area contributed by atoms with Crippen LogP contribution < -0.4 is 5.32 Å². The summed E-state index contributed by atoms with van der Waals surface area (Å²) in [7, 11) is 0. The van der Waals surface area contributed by atoms with Gasteiger partial charge in [-0.2, -0.15) is 5.26 Å². The number of pyridine rings is 1. The Morgan fingerprint density at radius 1 is 1.41 bits per heavy atom. The molecular formula is C16H14FN3OS. The van der Waals surface area contributed by atoms with Crippen LogP contribution in [0.1, 0.15) is 24.1 Å². The fraction of sp³-hybridized carbons (Fsp3) is 0.188. The first-order valence-electron chi connectivity index (χ1n) is 6.62. The van der Waals surface area contributed by atoms with Crippen LogP contribution in [0.25, 0.3) is 0 Å². The van der Waals surface area contributed by atoms with Crippen LogP contribution in [0.2, 0.25) is 0 Å². The lowest BCUT2D eigenvalue weighted by molar-refractivity contribution is -0.119. The average Bonchev–Trinajstić information content (AvgIpc) is 2.53. The summed E-state index contributed by atoms with van der Waals surface area (Å²) in [6.07, 6.45) is 1.54. The number of thioether (sulfide) groups is 1. The van der Waals surface area contributed by atoms with Crippen molar-refractivity contribution < 1.29 is 9.18 Å². The first kappa shape index (κ1) is 16.0. The maximum absolute atomic E-state index is 12.9. The third-order valence-corrected chi connectivity index (χ3v) is 3.89. The molecule has 0 bridgehead atoms. The van der Waals surface area contributed by atoms with Crippen LogP contribution in [0, 0.1) is 17.1 Å². The molecule has 0 saturated heterocycles. The van der Waals surface area contributed by atoms with Gasteiger partial charge >= 0.3 is 0 Å². The third-order valence-electron chi connectivity index (χ3n) is 2.96. The van der Waals surface area contributed by atoms with E-state index in [2.05, 4.69) is 10.3 Å². The quantitative estimate of drug-likeness (QED) is 0.861. The van der Waals surface area contributed by atoms with Crippen molar-refractivity contribution in [1.29, 1.82) is 5.26 Å². The minimum absolute atomic E-state index is 0.147. The van der Waals surface area contributed by atoms with Gasteiger partial charge < -0.3 is 5.32 Å². The van der Waals surface area contributed by atoms with Crippen LogP contribution in [-0.2, 0) is 4.79 Å². The second-order valence-corrected chi connectivity index (χ2v) is 5.62. The number of hydrogen-bond donors (Lipinski definition) is 1. The molecule has 2 rings (SSSR count). The van der Waals surface area contributed by atoms with E-state index in [0.717, 1.165) is 5.56 Å². The molecule has 1 aromatic heterocycles. The summed E-state index contributed by atoms with van der Waals surface area (Å²) in [4.78, 5) is 16.0. The number of amides is 1. The topological polar surface area (TPSA) is 65.8 Å². The highest BCUT2D eigenvalue weighted by Crippen LogP contribution is 2.17. The Morgan fingerprint density at radius 2 is 2.14 bits per heavy atom. The number of carbonyl (C=O) groups is 1. The van der Waals surface area contributed by atoms with E-state index < -0.39 is 0 Å². The number of rotatable bonds is 5. The zero-order valence-corrected chi connectivity index (χ0v) is 12.7. The van der Waals surface area contributed by atoms with Gasteiger partial charge in [0.25, 0.3) is 0 Å². The highest BCUT2D eigenvalue weighted by Gasteiger charge is 2.10. The van der Waals surface area contributed by atoms with Gasteiger partial charge in [-0.3, -0.25) is 4.79 Å². The van der Waals surface area contributed by atoms with Crippen molar-refractivity contribution in [2.75, 3.05) is 5.75 Å². The smallest absolute Gasteiger partial charge is 0.230 e. The maximum atomic E-state index is 12.9. The number of hydrogen-bond acceptors (Lipinski definition) is 4. The van der Waals surface area contributed by atoms with Gasteiger partial charge in [-0.1, -0.05) is 23.9 Å². The summed E-state index contributed by atoms with van der Waals surface area (Å²) in [5, 5.41) is 12.3. The first-order chi connectivity index (χ1) is 10.6. The molecule has 1 unspecified atom stereocenters. The fourth-order valence-electron chi connectivity index (χ4n) is 1.82. The minimum Gasteiger partial charge on any atom is -0.349 e. The largest absolute Gasteiger partial charge is 0.349 e. The van der Waals surface area contributed by atoms with Gasteiger partial charge in [0.2, 0.25) is 5.91 Å². The highest BCUT2D eigenvalue weighted by molar-refractivity contribution is 7.99. The number of benzene rings is 1. The summed E-state index contributed by atoms with van der Waals surface area (Å²) in [6, 6.07) is 11.1. The SMILES string of the molecule is CC(NC(=O)CSc1cc(C#N)ccn1)c1ccc(F)cc1. The molecule has 22 heavy (non-hydrogen) atoms. The van der Waals surface area contributed by atoms with E-state index in [1.54, 1.807) is 30.5 Å². The van der Waals surface area contributed by atoms with Crippen molar-refractivity contribution in [3.05, 3.63) is 59.5 Å². The Labute approximate surface area is 132 Å². The van der Waals surface area contributed by atoms with Crippen molar-refractivity contribution in [3.8, 4) is 6.07 Å². The summed E-state index contributed by atoms with van der Waals surface area (Å²) >= 11 is 1.26. The fourth-order valence-corrected chi connectivity index (χ4v) is 2.52. The van der Waals surface area contributed by atoms with Gasteiger partial charge in [0.05, 0.1) is 28.5 Å². The van der Waals surface area contributed by atoms with Crippen LogP contribution in [0.3, 0.4) is 0 Å². The lowest BCUT2D eigenvalue weighted by Gasteiger charge is -2.14. The summed E-state index contributed by atoms with van der Waals surface area (Å²) < 4.78 is 12.9. The Hall–Kier alpha value is -2.39. The normalized spacial score (nSPS) is 11.5. The monoisotopic (exact) mass is 315 g/mol. The molecular weight excluding hydrogens is 301 g/mol. The molecule has 1 N–H and O–H groups in total. The highest BCUT2D eigenvalue weighted by atomic mass is 32.2. The van der Waals surface area contributed by atoms with Crippen molar-refractivity contribution in [3.63, 3.8) is 0 Å². The van der Waals surface area contributed by atoms with Gasteiger partial charge in [-0.05, 0) is 36.8 Å². The number of nitrogens with one attached hydrogen (secondary N) is 1. The molecule has 0 spiro atoms. The maximum Gasteiger partial charge on any atom is 0.230 e. The lowest BCUT2D eigenvalue weighted by Crippen LogP contribution is -2.28. The summed E-state index contributed by atoms with van der Waals surface area (Å²) in [5.41, 5.74) is 1.35. The number of halogens is 1.